The van der Waals surface area contributed by atoms with E-state index in [1.165, 1.54) is 7.11 Å². The molecule has 0 radical (unpaired) electrons. The molecule has 9 unspecified atom stereocenters. The molecule has 7 heteroatoms. The SMILES string of the molecule is C.C.C.C.C.C.C.C.COC(=O)C(C)(CC1(C)OC(=O)CC1C)C1C(=O)OC(=O)C1C1C2CCC(C2)C1C. The van der Waals surface area contributed by atoms with E-state index in [2.05, 4.69) is 6.92 Å². The van der Waals surface area contributed by atoms with Crippen molar-refractivity contribution in [3.8, 4) is 0 Å². The molecule has 2 saturated heterocycles. The van der Waals surface area contributed by atoms with E-state index in [0.29, 0.717) is 17.8 Å². The van der Waals surface area contributed by atoms with Crippen LogP contribution in [0, 0.1) is 46.8 Å². The number of ether oxygens (including phenoxy) is 3. The highest BCUT2D eigenvalue weighted by Crippen LogP contribution is 2.60. The molecular formula is C31H64O7. The lowest BCUT2D eigenvalue weighted by atomic mass is 9.59. The van der Waals surface area contributed by atoms with Crippen molar-refractivity contribution in [1.29, 1.82) is 0 Å². The molecule has 0 spiro atoms. The van der Waals surface area contributed by atoms with E-state index in [-0.39, 0.29) is 90.1 Å². The molecule has 4 aliphatic rings. The number of esters is 4. The lowest BCUT2D eigenvalue weighted by molar-refractivity contribution is -0.172. The maximum Gasteiger partial charge on any atom is 0.318 e. The Bertz CT molecular complexity index is 791. The second kappa shape index (κ2) is 15.6. The summed E-state index contributed by atoms with van der Waals surface area (Å²) in [4.78, 5) is 51.0. The van der Waals surface area contributed by atoms with Crippen molar-refractivity contribution < 1.29 is 33.4 Å². The second-order valence-corrected chi connectivity index (χ2v) is 10.5. The molecule has 4 rings (SSSR count). The molecule has 0 aromatic heterocycles. The van der Waals surface area contributed by atoms with Crippen LogP contribution < -0.4 is 0 Å². The van der Waals surface area contributed by atoms with Crippen LogP contribution in [0.3, 0.4) is 0 Å². The predicted molar refractivity (Wildman–Crippen MR) is 158 cm³/mol. The summed E-state index contributed by atoms with van der Waals surface area (Å²) in [6.07, 6.45) is 3.64. The number of fused-ring (bicyclic) bond motifs is 2. The molecule has 2 aliphatic heterocycles. The monoisotopic (exact) mass is 548 g/mol. The summed E-state index contributed by atoms with van der Waals surface area (Å²) in [6.45, 7) is 7.51. The third-order valence-electron chi connectivity index (χ3n) is 8.83. The first-order chi connectivity index (χ1) is 14.0. The number of hydrogen-bond donors (Lipinski definition) is 0. The van der Waals surface area contributed by atoms with Crippen molar-refractivity contribution in [3.05, 3.63) is 0 Å². The van der Waals surface area contributed by atoms with E-state index in [4.69, 9.17) is 14.2 Å². The summed E-state index contributed by atoms with van der Waals surface area (Å²) >= 11 is 0. The molecule has 2 bridgehead atoms. The third kappa shape index (κ3) is 6.80. The Morgan fingerprint density at radius 1 is 0.947 bits per heavy atom. The minimum atomic E-state index is -1.34. The summed E-state index contributed by atoms with van der Waals surface area (Å²) in [6, 6.07) is 0. The van der Waals surface area contributed by atoms with E-state index in [9.17, 15) is 19.2 Å². The smallest absolute Gasteiger partial charge is 0.318 e. The van der Waals surface area contributed by atoms with Crippen LogP contribution >= 0.6 is 0 Å². The van der Waals surface area contributed by atoms with Gasteiger partial charge in [-0.05, 0) is 56.8 Å². The van der Waals surface area contributed by atoms with Crippen molar-refractivity contribution in [2.75, 3.05) is 7.11 Å². The first-order valence-corrected chi connectivity index (χ1v) is 11.1. The van der Waals surface area contributed by atoms with E-state index in [1.807, 2.05) is 6.92 Å². The molecule has 0 aromatic carbocycles. The summed E-state index contributed by atoms with van der Waals surface area (Å²) in [5.41, 5.74) is -2.26. The van der Waals surface area contributed by atoms with E-state index in [0.717, 1.165) is 19.3 Å². The lowest BCUT2D eigenvalue weighted by Gasteiger charge is -2.42. The van der Waals surface area contributed by atoms with Gasteiger partial charge in [-0.3, -0.25) is 19.2 Å². The number of hydrogen-bond acceptors (Lipinski definition) is 7. The number of carbonyl (C=O) groups excluding carboxylic acids is 4. The Labute approximate surface area is 236 Å². The molecule has 9 atom stereocenters. The number of carbonyl (C=O) groups is 4. The van der Waals surface area contributed by atoms with Crippen molar-refractivity contribution in [2.24, 2.45) is 46.8 Å². The van der Waals surface area contributed by atoms with E-state index in [1.54, 1.807) is 13.8 Å². The first-order valence-electron chi connectivity index (χ1n) is 11.1. The summed E-state index contributed by atoms with van der Waals surface area (Å²) < 4.78 is 15.9. The topological polar surface area (TPSA) is 96.0 Å². The standard InChI is InChI=1S/C23H32O7.8CH4/c1-11-8-15(24)30-23(11,4)10-22(3,21(27)28-5)18-17(19(25)29-20(18)26)16-12(2)13-6-7-14(16)9-13;;;;;;;;/h11-14,16-18H,6-10H2,1-5H3;8*1H4. The largest absolute Gasteiger partial charge is 0.469 e. The molecule has 2 heterocycles. The molecular weight excluding hydrogens is 484 g/mol. The van der Waals surface area contributed by atoms with Crippen molar-refractivity contribution in [2.45, 2.75) is 125 Å². The Kier molecular flexibility index (Phi) is 18.9. The van der Waals surface area contributed by atoms with Crippen LogP contribution in [0.15, 0.2) is 0 Å². The van der Waals surface area contributed by atoms with Gasteiger partial charge in [0.1, 0.15) is 5.60 Å². The molecule has 0 amide bonds. The van der Waals surface area contributed by atoms with Crippen molar-refractivity contribution in [3.63, 3.8) is 0 Å². The molecule has 0 aromatic rings. The van der Waals surface area contributed by atoms with Gasteiger partial charge in [0.25, 0.3) is 0 Å². The highest BCUT2D eigenvalue weighted by molar-refractivity contribution is 6.00. The Morgan fingerprint density at radius 2 is 1.47 bits per heavy atom. The number of rotatable bonds is 5. The van der Waals surface area contributed by atoms with Crippen LogP contribution in [0.25, 0.3) is 0 Å². The van der Waals surface area contributed by atoms with Crippen LogP contribution in [0.4, 0.5) is 0 Å². The van der Waals surface area contributed by atoms with Crippen LogP contribution in [0.2, 0.25) is 0 Å². The van der Waals surface area contributed by atoms with Gasteiger partial charge >= 0.3 is 23.9 Å². The average Bonchev–Trinajstić information content (AvgIpc) is 3.38. The quantitative estimate of drug-likeness (QED) is 0.195. The normalized spacial score (nSPS) is 35.3. The number of cyclic esters (lactones) is 3. The molecule has 2 aliphatic carbocycles. The fraction of sp³-hybridized carbons (Fsp3) is 0.871. The van der Waals surface area contributed by atoms with Gasteiger partial charge < -0.3 is 14.2 Å². The summed E-state index contributed by atoms with van der Waals surface area (Å²) in [5.74, 6) is -2.55. The van der Waals surface area contributed by atoms with Gasteiger partial charge in [-0.1, -0.05) is 73.3 Å². The molecule has 38 heavy (non-hydrogen) atoms. The zero-order valence-corrected chi connectivity index (χ0v) is 18.4. The third-order valence-corrected chi connectivity index (χ3v) is 8.83. The van der Waals surface area contributed by atoms with Crippen LogP contribution in [-0.4, -0.2) is 36.6 Å². The minimum absolute atomic E-state index is 0. The lowest BCUT2D eigenvalue weighted by Crippen LogP contribution is -2.50. The van der Waals surface area contributed by atoms with Gasteiger partial charge in [-0.15, -0.1) is 0 Å². The van der Waals surface area contributed by atoms with Crippen LogP contribution in [-0.2, 0) is 33.4 Å². The van der Waals surface area contributed by atoms with Gasteiger partial charge in [0.15, 0.2) is 0 Å². The Morgan fingerprint density at radius 3 is 1.89 bits per heavy atom. The summed E-state index contributed by atoms with van der Waals surface area (Å²) in [7, 11) is 1.28. The maximum absolute atomic E-state index is 13.1. The van der Waals surface area contributed by atoms with Gasteiger partial charge in [0, 0.05) is 12.3 Å². The molecule has 2 saturated carbocycles. The predicted octanol–water partition coefficient (Wildman–Crippen LogP) is 7.98. The van der Waals surface area contributed by atoms with Gasteiger partial charge in [-0.25, -0.2) is 0 Å². The molecule has 4 fully saturated rings. The zero-order chi connectivity index (χ0) is 22.0. The average molecular weight is 549 g/mol. The van der Waals surface area contributed by atoms with E-state index < -0.39 is 40.8 Å². The Hall–Kier alpha value is -1.92. The molecule has 0 N–H and O–H groups in total. The molecule has 230 valence electrons. The second-order valence-electron chi connectivity index (χ2n) is 10.5. The number of methoxy groups -OCH3 is 1. The van der Waals surface area contributed by atoms with E-state index >= 15 is 0 Å². The van der Waals surface area contributed by atoms with Crippen LogP contribution in [0.1, 0.15) is 119 Å². The fourth-order valence-electron chi connectivity index (χ4n) is 7.14. The highest BCUT2D eigenvalue weighted by Gasteiger charge is 2.65. The first kappa shape index (κ1) is 46.0. The minimum Gasteiger partial charge on any atom is -0.469 e. The fourth-order valence-corrected chi connectivity index (χ4v) is 7.14. The van der Waals surface area contributed by atoms with Crippen LogP contribution in [0.5, 0.6) is 0 Å². The van der Waals surface area contributed by atoms with Gasteiger partial charge in [0.05, 0.1) is 30.8 Å². The zero-order valence-electron chi connectivity index (χ0n) is 18.4. The highest BCUT2D eigenvalue weighted by atomic mass is 16.6. The van der Waals surface area contributed by atoms with Gasteiger partial charge in [0.2, 0.25) is 0 Å². The van der Waals surface area contributed by atoms with Crippen molar-refractivity contribution in [1.82, 2.24) is 0 Å². The molecule has 7 nitrogen and oxygen atoms in total. The maximum atomic E-state index is 13.1. The Balaban J connectivity index is -0.000000454. The van der Waals surface area contributed by atoms with Gasteiger partial charge in [-0.2, -0.15) is 0 Å². The van der Waals surface area contributed by atoms with Crippen molar-refractivity contribution >= 4 is 23.9 Å². The summed E-state index contributed by atoms with van der Waals surface area (Å²) in [5, 5.41) is 0.